The number of nitrogens with one attached hydrogen (secondary N) is 2. The van der Waals surface area contributed by atoms with Gasteiger partial charge in [-0.05, 0) is 132 Å². The zero-order chi connectivity index (χ0) is 50.5. The molecule has 2 aliphatic heterocycles. The maximum absolute atomic E-state index is 14.1. The number of piperidine rings is 2. The van der Waals surface area contributed by atoms with Gasteiger partial charge < -0.3 is 49.8 Å². The van der Waals surface area contributed by atoms with Crippen LogP contribution in [0.15, 0.2) is 48.5 Å². The molecule has 0 saturated carbocycles. The Bertz CT molecular complexity index is 1880. The highest BCUT2D eigenvalue weighted by Gasteiger charge is 2.47. The molecule has 0 radical (unpaired) electrons. The lowest BCUT2D eigenvalue weighted by molar-refractivity contribution is -0.246. The third-order valence-electron chi connectivity index (χ3n) is 12.5. The van der Waals surface area contributed by atoms with Gasteiger partial charge in [-0.3, -0.25) is 19.2 Å². The van der Waals surface area contributed by atoms with E-state index in [0.717, 1.165) is 12.8 Å². The van der Waals surface area contributed by atoms with Crippen LogP contribution >= 0.6 is 0 Å². The van der Waals surface area contributed by atoms with Gasteiger partial charge in [0, 0.05) is 47.3 Å². The molecule has 4 amide bonds. The van der Waals surface area contributed by atoms with Crippen molar-refractivity contribution in [1.29, 1.82) is 0 Å². The fraction of sp³-hybridized carbons (Fsp3) is 0.640. The molecular weight excluding hydrogens is 877 g/mol. The van der Waals surface area contributed by atoms with Gasteiger partial charge in [0.05, 0.1) is 24.6 Å². The second-order valence-corrected chi connectivity index (χ2v) is 20.2. The molecule has 2 saturated heterocycles. The quantitative estimate of drug-likeness (QED) is 0.0611. The average molecular weight is 953 g/mol. The van der Waals surface area contributed by atoms with E-state index in [1.165, 1.54) is 19.9 Å². The first-order valence-corrected chi connectivity index (χ1v) is 23.9. The van der Waals surface area contributed by atoms with E-state index in [9.17, 15) is 39.2 Å². The largest absolute Gasteiger partial charge is 0.480 e. The van der Waals surface area contributed by atoms with Gasteiger partial charge in [-0.15, -0.1) is 0 Å². The molecule has 4 N–H and O–H groups in total. The number of hydrogen-bond donors (Lipinski definition) is 4. The minimum Gasteiger partial charge on any atom is -0.480 e. The fourth-order valence-corrected chi connectivity index (χ4v) is 9.68. The smallest absolute Gasteiger partial charge is 0.344 e. The van der Waals surface area contributed by atoms with Crippen LogP contribution in [0.2, 0.25) is 0 Å². The molecule has 2 aliphatic rings. The summed E-state index contributed by atoms with van der Waals surface area (Å²) in [4.78, 5) is 82.8. The van der Waals surface area contributed by atoms with Crippen LogP contribution in [0.4, 0.5) is 11.4 Å². The van der Waals surface area contributed by atoms with E-state index < -0.39 is 57.7 Å². The van der Waals surface area contributed by atoms with Gasteiger partial charge in [0.2, 0.25) is 0 Å². The molecule has 0 spiro atoms. The highest BCUT2D eigenvalue weighted by Crippen LogP contribution is 2.38. The Hall–Kier alpha value is -5.30. The van der Waals surface area contributed by atoms with Crippen molar-refractivity contribution in [1.82, 2.24) is 20.8 Å². The number of unbranched alkanes of at least 4 members (excludes halogenated alkanes) is 5. The maximum Gasteiger partial charge on any atom is 0.344 e. The van der Waals surface area contributed by atoms with Crippen molar-refractivity contribution in [2.24, 2.45) is 0 Å². The molecule has 0 aromatic heterocycles. The van der Waals surface area contributed by atoms with Crippen LogP contribution < -0.4 is 29.9 Å². The molecule has 68 heavy (non-hydrogen) atoms. The molecule has 0 bridgehead atoms. The van der Waals surface area contributed by atoms with E-state index in [1.807, 2.05) is 55.4 Å². The highest BCUT2D eigenvalue weighted by atomic mass is 16.6. The maximum atomic E-state index is 14.1. The lowest BCUT2D eigenvalue weighted by atomic mass is 9.79. The molecule has 0 atom stereocenters. The van der Waals surface area contributed by atoms with Crippen LogP contribution in [-0.4, -0.2) is 130 Å². The Kier molecular flexibility index (Phi) is 19.8. The zero-order valence-electron chi connectivity index (χ0n) is 41.9. The van der Waals surface area contributed by atoms with E-state index in [-0.39, 0.29) is 63.1 Å². The normalized spacial score (nSPS) is 17.9. The van der Waals surface area contributed by atoms with E-state index in [0.29, 0.717) is 62.7 Å². The van der Waals surface area contributed by atoms with Gasteiger partial charge in [0.1, 0.15) is 11.5 Å². The predicted molar refractivity (Wildman–Crippen MR) is 255 cm³/mol. The second-order valence-electron chi connectivity index (χ2n) is 20.2. The fourth-order valence-electron chi connectivity index (χ4n) is 9.68. The summed E-state index contributed by atoms with van der Waals surface area (Å²) in [5.41, 5.74) is -1.97. The number of carbonyl (C=O) groups excluding carboxylic acids is 6. The Labute approximate surface area is 401 Å². The summed E-state index contributed by atoms with van der Waals surface area (Å²) < 4.78 is 21.7. The third kappa shape index (κ3) is 15.1. The van der Waals surface area contributed by atoms with Crippen molar-refractivity contribution in [3.05, 3.63) is 48.5 Å². The minimum absolute atomic E-state index is 0.170. The standard InChI is InChI=1S/C50H76N6O12/c1-11-65-41(57)33-67-39-25-19-17-23-37(39)53(45(61)43(59)51-35-29-47(3,4)55(63)48(5,6)30-35)27-21-15-13-14-16-22-28-54(38-24-18-20-26-40(38)68-34-42(58)66-12-2)46(62)44(60)52-36-31-49(7,8)56(64)50(9,10)32-36/h17-20,23-26,35-36,63-64H,11-16,21-22,27-34H2,1-10H3,(H,51,59)(H,52,60). The SMILES string of the molecule is CCOC(=O)COc1ccccc1N(CCCCCCCCN(C(=O)C(=O)NC1CC(C)(C)N(O)C(C)(C)C1)c1ccccc1OCC(=O)OCC)C(=O)C(=O)NC1CC(C)(C)N(O)C(C)(C)C1. The summed E-state index contributed by atoms with van der Waals surface area (Å²) in [6.07, 6.45) is 5.59. The van der Waals surface area contributed by atoms with Crippen molar-refractivity contribution >= 4 is 46.9 Å². The molecule has 18 heteroatoms. The molecule has 0 unspecified atom stereocenters. The van der Waals surface area contributed by atoms with Gasteiger partial charge in [-0.1, -0.05) is 49.9 Å². The van der Waals surface area contributed by atoms with Gasteiger partial charge in [-0.25, -0.2) is 9.59 Å². The number of amides is 4. The molecule has 18 nitrogen and oxygen atoms in total. The monoisotopic (exact) mass is 953 g/mol. The molecule has 2 aromatic carbocycles. The zero-order valence-corrected chi connectivity index (χ0v) is 41.9. The minimum atomic E-state index is -0.794. The Morgan fingerprint density at radius 2 is 0.853 bits per heavy atom. The molecule has 2 fully saturated rings. The highest BCUT2D eigenvalue weighted by molar-refractivity contribution is 6.41. The number of hydrogen-bond acceptors (Lipinski definition) is 14. The number of carbonyl (C=O) groups is 6. The van der Waals surface area contributed by atoms with Crippen LogP contribution in [0.5, 0.6) is 11.5 Å². The topological polar surface area (TPSA) is 217 Å². The molecule has 0 aliphatic carbocycles. The van der Waals surface area contributed by atoms with Gasteiger partial charge >= 0.3 is 35.6 Å². The van der Waals surface area contributed by atoms with Crippen molar-refractivity contribution < 1.29 is 58.1 Å². The van der Waals surface area contributed by atoms with Crippen molar-refractivity contribution in [2.45, 2.75) is 168 Å². The molecule has 4 rings (SSSR count). The van der Waals surface area contributed by atoms with Crippen LogP contribution in [0.25, 0.3) is 0 Å². The van der Waals surface area contributed by atoms with Crippen molar-refractivity contribution in [2.75, 3.05) is 49.3 Å². The Morgan fingerprint density at radius 1 is 0.544 bits per heavy atom. The number of esters is 2. The Morgan fingerprint density at radius 3 is 1.18 bits per heavy atom. The average Bonchev–Trinajstić information content (AvgIpc) is 3.26. The Balaban J connectivity index is 1.43. The summed E-state index contributed by atoms with van der Waals surface area (Å²) in [5.74, 6) is -3.84. The number of nitrogens with zero attached hydrogens (tertiary/aromatic N) is 4. The molecular formula is C50H76N6O12. The summed E-state index contributed by atoms with van der Waals surface area (Å²) >= 11 is 0. The number of para-hydroxylation sites is 4. The first-order chi connectivity index (χ1) is 31.9. The number of benzene rings is 2. The molecule has 2 aromatic rings. The number of ether oxygens (including phenoxy) is 4. The number of hydroxylamine groups is 4. The van der Waals surface area contributed by atoms with E-state index in [2.05, 4.69) is 10.6 Å². The van der Waals surface area contributed by atoms with Crippen LogP contribution in [-0.2, 0) is 38.2 Å². The van der Waals surface area contributed by atoms with E-state index in [4.69, 9.17) is 18.9 Å². The van der Waals surface area contributed by atoms with Crippen molar-refractivity contribution in [3.63, 3.8) is 0 Å². The van der Waals surface area contributed by atoms with Gasteiger partial charge in [0.15, 0.2) is 13.2 Å². The molecule has 378 valence electrons. The third-order valence-corrected chi connectivity index (χ3v) is 12.5. The van der Waals surface area contributed by atoms with Gasteiger partial charge in [0.25, 0.3) is 0 Å². The number of rotatable bonds is 21. The second kappa shape index (κ2) is 24.3. The summed E-state index contributed by atoms with van der Waals surface area (Å²) in [7, 11) is 0. The first-order valence-electron chi connectivity index (χ1n) is 23.9. The summed E-state index contributed by atoms with van der Waals surface area (Å²) in [5, 5.41) is 30.1. The van der Waals surface area contributed by atoms with Crippen LogP contribution in [0, 0.1) is 0 Å². The lowest BCUT2D eigenvalue weighted by Crippen LogP contribution is -2.63. The van der Waals surface area contributed by atoms with Crippen LogP contribution in [0.1, 0.15) is 133 Å². The summed E-state index contributed by atoms with van der Waals surface area (Å²) in [6.45, 7) is 18.3. The van der Waals surface area contributed by atoms with Gasteiger partial charge in [-0.2, -0.15) is 10.1 Å². The predicted octanol–water partition coefficient (Wildman–Crippen LogP) is 6.33. The van der Waals surface area contributed by atoms with Crippen molar-refractivity contribution in [3.8, 4) is 11.5 Å². The first kappa shape index (κ1) is 55.3. The number of anilines is 2. The van der Waals surface area contributed by atoms with E-state index in [1.54, 1.807) is 62.4 Å². The molecule has 2 heterocycles. The van der Waals surface area contributed by atoms with E-state index >= 15 is 0 Å². The van der Waals surface area contributed by atoms with Crippen LogP contribution in [0.3, 0.4) is 0 Å². The summed E-state index contributed by atoms with van der Waals surface area (Å²) in [6, 6.07) is 12.7. The lowest BCUT2D eigenvalue weighted by Gasteiger charge is -2.51.